The second-order valence-electron chi connectivity index (χ2n) is 10.5. The average molecular weight is 561 g/mol. The van der Waals surface area contributed by atoms with Crippen molar-refractivity contribution in [1.82, 2.24) is 14.5 Å². The Kier molecular flexibility index (Phi) is 9.11. The number of aliphatic imine (C=N–C) groups is 1. The summed E-state index contributed by atoms with van der Waals surface area (Å²) >= 11 is 0. The zero-order valence-electron chi connectivity index (χ0n) is 23.4. The predicted molar refractivity (Wildman–Crippen MR) is 159 cm³/mol. The first-order valence-electron chi connectivity index (χ1n) is 13.4. The molecule has 4 rings (SSSR count). The molecule has 1 saturated heterocycles. The van der Waals surface area contributed by atoms with E-state index >= 15 is 0 Å². The number of aromatic nitrogens is 2. The molecule has 0 atom stereocenters. The van der Waals surface area contributed by atoms with Crippen LogP contribution in [0.3, 0.4) is 0 Å². The number of nitrogens with zero attached hydrogens (tertiary/aromatic N) is 4. The highest BCUT2D eigenvalue weighted by Gasteiger charge is 2.33. The van der Waals surface area contributed by atoms with Crippen molar-refractivity contribution in [2.75, 3.05) is 25.9 Å². The van der Waals surface area contributed by atoms with Crippen molar-refractivity contribution in [3.63, 3.8) is 0 Å². The Morgan fingerprint density at radius 1 is 1.20 bits per heavy atom. The van der Waals surface area contributed by atoms with Gasteiger partial charge in [-0.25, -0.2) is 9.37 Å². The summed E-state index contributed by atoms with van der Waals surface area (Å²) in [5.41, 5.74) is 20.0. The summed E-state index contributed by atoms with van der Waals surface area (Å²) in [5.74, 6) is -0.394. The minimum atomic E-state index is -1.14. The van der Waals surface area contributed by atoms with Gasteiger partial charge in [0.2, 0.25) is 0 Å². The van der Waals surface area contributed by atoms with Gasteiger partial charge in [-0.2, -0.15) is 0 Å². The van der Waals surface area contributed by atoms with E-state index < -0.39 is 17.0 Å². The lowest BCUT2D eigenvalue weighted by Crippen LogP contribution is -2.48. The van der Waals surface area contributed by atoms with Crippen molar-refractivity contribution < 1.29 is 9.50 Å². The molecular weight excluding hydrogens is 523 g/mol. The average Bonchev–Trinajstić information content (AvgIpc) is 2.95. The number of nitrogens with two attached hydrogens (primary N) is 3. The lowest BCUT2D eigenvalue weighted by Gasteiger charge is -2.38. The molecule has 0 bridgehead atoms. The van der Waals surface area contributed by atoms with E-state index in [1.54, 1.807) is 26.1 Å². The minimum Gasteiger partial charge on any atom is -0.402 e. The Bertz CT molecular complexity index is 1530. The van der Waals surface area contributed by atoms with Gasteiger partial charge >= 0.3 is 0 Å². The molecule has 0 unspecified atom stereocenters. The third-order valence-electron chi connectivity index (χ3n) is 7.37. The zero-order valence-corrected chi connectivity index (χ0v) is 23.4. The fourth-order valence-corrected chi connectivity index (χ4v) is 4.97. The summed E-state index contributed by atoms with van der Waals surface area (Å²) in [5, 5.41) is 19.3. The monoisotopic (exact) mass is 560 g/mol. The second kappa shape index (κ2) is 12.5. The van der Waals surface area contributed by atoms with E-state index in [4.69, 9.17) is 22.6 Å². The molecule has 41 heavy (non-hydrogen) atoms. The molecule has 1 fully saturated rings. The first-order valence-corrected chi connectivity index (χ1v) is 13.4. The third-order valence-corrected chi connectivity index (χ3v) is 7.37. The molecule has 0 spiro atoms. The Morgan fingerprint density at radius 2 is 1.85 bits per heavy atom. The smallest absolute Gasteiger partial charge is 0.277 e. The van der Waals surface area contributed by atoms with Crippen molar-refractivity contribution in [2.24, 2.45) is 16.5 Å². The lowest BCUT2D eigenvalue weighted by molar-refractivity contribution is -0.0366. The van der Waals surface area contributed by atoms with Gasteiger partial charge in [-0.15, -0.1) is 0 Å². The van der Waals surface area contributed by atoms with Crippen LogP contribution in [0.15, 0.2) is 70.4 Å². The molecule has 0 radical (unpaired) electrons. The maximum absolute atomic E-state index is 14.8. The van der Waals surface area contributed by atoms with Gasteiger partial charge in [0.1, 0.15) is 17.2 Å². The summed E-state index contributed by atoms with van der Waals surface area (Å²) < 4.78 is 16.1. The van der Waals surface area contributed by atoms with Crippen LogP contribution in [0.25, 0.3) is 0 Å². The highest BCUT2D eigenvalue weighted by atomic mass is 19.1. The first kappa shape index (κ1) is 29.8. The summed E-state index contributed by atoms with van der Waals surface area (Å²) in [6, 6.07) is 12.2. The Labute approximate surface area is 238 Å². The number of nitrogens with one attached hydrogen (secondary N) is 1. The van der Waals surface area contributed by atoms with Crippen molar-refractivity contribution >= 4 is 17.1 Å². The Morgan fingerprint density at radius 3 is 2.44 bits per heavy atom. The number of allylic oxidation sites excluding steroid dienone is 2. The molecule has 216 valence electrons. The standard InChI is InChI=1S/C30H37FN8O2/c1-19(33)13-25(34)22-7-8-23(24(31)14-22)16-38-11-9-30(41,10-12-38)17-39-18-37-28(26(35)29(39)40)27(36-2)21-5-3-20(15-32)4-6-21/h3-8,13-14,18,34,41H,9-12,15-17,32-33,35H2,1-2H3/b19-13-,34-25?,36-27?. The summed E-state index contributed by atoms with van der Waals surface area (Å²) in [4.78, 5) is 24.0. The largest absolute Gasteiger partial charge is 0.402 e. The molecule has 1 aliphatic rings. The fraction of sp³-hybridized carbons (Fsp3) is 0.333. The van der Waals surface area contributed by atoms with E-state index in [1.165, 1.54) is 23.0 Å². The van der Waals surface area contributed by atoms with E-state index in [2.05, 4.69) is 14.9 Å². The Hall–Kier alpha value is -4.19. The van der Waals surface area contributed by atoms with E-state index in [0.29, 0.717) is 61.6 Å². The van der Waals surface area contributed by atoms with Gasteiger partial charge in [-0.05, 0) is 37.5 Å². The summed E-state index contributed by atoms with van der Waals surface area (Å²) in [6.45, 7) is 3.54. The summed E-state index contributed by atoms with van der Waals surface area (Å²) in [7, 11) is 1.61. The number of piperidine rings is 1. The van der Waals surface area contributed by atoms with Crippen LogP contribution in [0, 0.1) is 11.2 Å². The van der Waals surface area contributed by atoms with Crippen molar-refractivity contribution in [3.05, 3.63) is 105 Å². The maximum atomic E-state index is 14.8. The molecule has 3 aromatic rings. The fourth-order valence-electron chi connectivity index (χ4n) is 4.97. The molecule has 1 aromatic heterocycles. The van der Waals surface area contributed by atoms with Crippen LogP contribution >= 0.6 is 0 Å². The van der Waals surface area contributed by atoms with Crippen LogP contribution in [0.2, 0.25) is 0 Å². The van der Waals surface area contributed by atoms with Gasteiger partial charge in [0.15, 0.2) is 0 Å². The van der Waals surface area contributed by atoms with Gasteiger partial charge in [-0.3, -0.25) is 19.3 Å². The van der Waals surface area contributed by atoms with Crippen molar-refractivity contribution in [3.8, 4) is 0 Å². The van der Waals surface area contributed by atoms with Gasteiger partial charge in [0.25, 0.3) is 5.56 Å². The molecule has 8 N–H and O–H groups in total. The Balaban J connectivity index is 1.42. The van der Waals surface area contributed by atoms with Crippen LogP contribution in [0.4, 0.5) is 10.1 Å². The molecular formula is C30H37FN8O2. The minimum absolute atomic E-state index is 0.0406. The highest BCUT2D eigenvalue weighted by molar-refractivity contribution is 6.14. The summed E-state index contributed by atoms with van der Waals surface area (Å²) in [6.07, 6.45) is 3.66. The predicted octanol–water partition coefficient (Wildman–Crippen LogP) is 2.15. The lowest BCUT2D eigenvalue weighted by atomic mass is 9.91. The number of rotatable bonds is 9. The van der Waals surface area contributed by atoms with E-state index in [-0.39, 0.29) is 23.6 Å². The van der Waals surface area contributed by atoms with Gasteiger partial charge in [0, 0.05) is 55.6 Å². The zero-order chi connectivity index (χ0) is 29.7. The normalized spacial score (nSPS) is 16.1. The van der Waals surface area contributed by atoms with E-state index in [0.717, 1.165) is 11.1 Å². The third kappa shape index (κ3) is 6.94. The van der Waals surface area contributed by atoms with Crippen molar-refractivity contribution in [1.29, 1.82) is 5.41 Å². The number of likely N-dealkylation sites (tertiary alicyclic amines) is 1. The molecule has 0 saturated carbocycles. The van der Waals surface area contributed by atoms with Gasteiger partial charge in [-0.1, -0.05) is 36.4 Å². The number of halogens is 1. The van der Waals surface area contributed by atoms with E-state index in [1.807, 2.05) is 24.3 Å². The number of hydrogen-bond donors (Lipinski definition) is 5. The van der Waals surface area contributed by atoms with Crippen LogP contribution in [0.1, 0.15) is 47.7 Å². The maximum Gasteiger partial charge on any atom is 0.277 e. The quantitative estimate of drug-likeness (QED) is 0.249. The van der Waals surface area contributed by atoms with E-state index in [9.17, 15) is 14.3 Å². The number of hydrogen-bond acceptors (Lipinski definition) is 9. The number of benzene rings is 2. The number of aliphatic hydroxyl groups is 1. The van der Waals surface area contributed by atoms with Gasteiger partial charge in [0.05, 0.1) is 29.9 Å². The molecule has 2 heterocycles. The molecule has 1 aliphatic heterocycles. The molecule has 10 nitrogen and oxygen atoms in total. The van der Waals surface area contributed by atoms with Crippen LogP contribution in [-0.2, 0) is 19.6 Å². The van der Waals surface area contributed by atoms with Gasteiger partial charge < -0.3 is 27.7 Å². The highest BCUT2D eigenvalue weighted by Crippen LogP contribution is 2.26. The van der Waals surface area contributed by atoms with Crippen molar-refractivity contribution in [2.45, 2.75) is 45.0 Å². The van der Waals surface area contributed by atoms with Crippen LogP contribution < -0.4 is 22.8 Å². The van der Waals surface area contributed by atoms with Crippen LogP contribution in [0.5, 0.6) is 0 Å². The molecule has 0 aliphatic carbocycles. The number of anilines is 1. The molecule has 2 aromatic carbocycles. The number of nitrogen functional groups attached to an aromatic ring is 1. The topological polar surface area (TPSA) is 173 Å². The first-order chi connectivity index (χ1) is 19.5. The SMILES string of the molecule is CN=C(c1ccc(CN)cc1)c1ncn(CC2(O)CCN(Cc3ccc(C(=N)/C=C(/C)N)cc3F)CC2)c(=O)c1N. The molecule has 11 heteroatoms. The molecule has 0 amide bonds. The van der Waals surface area contributed by atoms with Crippen LogP contribution in [-0.4, -0.2) is 56.7 Å². The second-order valence-corrected chi connectivity index (χ2v) is 10.5.